The summed E-state index contributed by atoms with van der Waals surface area (Å²) in [6.07, 6.45) is 5.32. The number of benzene rings is 1. The number of rotatable bonds is 9. The number of nitrogens with zero attached hydrogens (tertiary/aromatic N) is 1. The van der Waals surface area contributed by atoms with Gasteiger partial charge in [-0.3, -0.25) is 0 Å². The molecule has 0 saturated heterocycles. The summed E-state index contributed by atoms with van der Waals surface area (Å²) in [7, 11) is 0. The molecule has 20 heavy (non-hydrogen) atoms. The van der Waals surface area contributed by atoms with E-state index in [2.05, 4.69) is 6.92 Å². The van der Waals surface area contributed by atoms with Crippen LogP contribution < -0.4 is 0 Å². The van der Waals surface area contributed by atoms with Gasteiger partial charge in [0.2, 0.25) is 0 Å². The molecular formula is C17H27NO2. The largest absolute Gasteiger partial charge is 0.449 e. The molecule has 0 radical (unpaired) electrons. The second kappa shape index (κ2) is 10.3. The van der Waals surface area contributed by atoms with Gasteiger partial charge in [-0.05, 0) is 18.4 Å². The maximum absolute atomic E-state index is 12.1. The van der Waals surface area contributed by atoms with Gasteiger partial charge in [-0.15, -0.1) is 0 Å². The van der Waals surface area contributed by atoms with Crippen molar-refractivity contribution in [3.63, 3.8) is 0 Å². The number of unbranched alkanes of at least 4 members (excludes halogenated alkanes) is 3. The standard InChI is InChI=1S/C17H27NO2/c1-3-5-6-10-13-18(17(19)20-14-4-2)15-16-11-8-7-9-12-16/h7-9,11-12H,3-6,10,13-15H2,1-2H3. The Morgan fingerprint density at radius 3 is 2.45 bits per heavy atom. The van der Waals surface area contributed by atoms with Crippen LogP contribution in [-0.4, -0.2) is 24.1 Å². The number of hydrogen-bond donors (Lipinski definition) is 0. The lowest BCUT2D eigenvalue weighted by atomic mass is 10.2. The van der Waals surface area contributed by atoms with Crippen LogP contribution in [0.3, 0.4) is 0 Å². The fourth-order valence-electron chi connectivity index (χ4n) is 2.05. The molecule has 0 aliphatic heterocycles. The molecule has 3 nitrogen and oxygen atoms in total. The molecule has 0 unspecified atom stereocenters. The third-order valence-corrected chi connectivity index (χ3v) is 3.19. The molecule has 0 spiro atoms. The highest BCUT2D eigenvalue weighted by atomic mass is 16.6. The second-order valence-corrected chi connectivity index (χ2v) is 5.08. The van der Waals surface area contributed by atoms with E-state index in [1.165, 1.54) is 19.3 Å². The lowest BCUT2D eigenvalue weighted by Gasteiger charge is -2.22. The van der Waals surface area contributed by atoms with Crippen LogP contribution in [0, 0.1) is 0 Å². The van der Waals surface area contributed by atoms with Crippen LogP contribution in [0.2, 0.25) is 0 Å². The summed E-state index contributed by atoms with van der Waals surface area (Å²) in [5.41, 5.74) is 1.15. The first-order valence-corrected chi connectivity index (χ1v) is 7.73. The predicted molar refractivity (Wildman–Crippen MR) is 82.6 cm³/mol. The summed E-state index contributed by atoms with van der Waals surface area (Å²) in [6, 6.07) is 10.1. The Hall–Kier alpha value is -1.51. The summed E-state index contributed by atoms with van der Waals surface area (Å²) in [5, 5.41) is 0. The zero-order valence-electron chi connectivity index (χ0n) is 12.8. The molecule has 1 aromatic carbocycles. The van der Waals surface area contributed by atoms with Gasteiger partial charge in [0.1, 0.15) is 0 Å². The van der Waals surface area contributed by atoms with Crippen LogP contribution in [0.15, 0.2) is 30.3 Å². The van der Waals surface area contributed by atoms with Crippen molar-refractivity contribution < 1.29 is 9.53 Å². The molecule has 0 N–H and O–H groups in total. The molecule has 1 amide bonds. The average molecular weight is 277 g/mol. The van der Waals surface area contributed by atoms with Crippen LogP contribution in [0.1, 0.15) is 51.5 Å². The van der Waals surface area contributed by atoms with Crippen LogP contribution >= 0.6 is 0 Å². The summed E-state index contributed by atoms with van der Waals surface area (Å²) >= 11 is 0. The first-order chi connectivity index (χ1) is 9.77. The topological polar surface area (TPSA) is 29.5 Å². The zero-order valence-corrected chi connectivity index (χ0v) is 12.8. The number of ether oxygens (including phenoxy) is 1. The quantitative estimate of drug-likeness (QED) is 0.617. The number of hydrogen-bond acceptors (Lipinski definition) is 2. The van der Waals surface area contributed by atoms with Gasteiger partial charge in [0, 0.05) is 13.1 Å². The first kappa shape index (κ1) is 16.5. The van der Waals surface area contributed by atoms with E-state index in [1.54, 1.807) is 0 Å². The van der Waals surface area contributed by atoms with E-state index in [-0.39, 0.29) is 6.09 Å². The fraction of sp³-hybridized carbons (Fsp3) is 0.588. The van der Waals surface area contributed by atoms with Gasteiger partial charge in [0.05, 0.1) is 6.61 Å². The minimum Gasteiger partial charge on any atom is -0.449 e. The molecule has 0 aromatic heterocycles. The van der Waals surface area contributed by atoms with E-state index < -0.39 is 0 Å². The molecule has 0 aliphatic carbocycles. The van der Waals surface area contributed by atoms with Crippen molar-refractivity contribution in [2.45, 2.75) is 52.5 Å². The Labute approximate surface area is 122 Å². The maximum Gasteiger partial charge on any atom is 0.410 e. The van der Waals surface area contributed by atoms with Crippen molar-refractivity contribution in [2.24, 2.45) is 0 Å². The van der Waals surface area contributed by atoms with E-state index in [0.29, 0.717) is 13.2 Å². The molecule has 1 aromatic rings. The van der Waals surface area contributed by atoms with Crippen LogP contribution in [0.4, 0.5) is 4.79 Å². The number of amides is 1. The van der Waals surface area contributed by atoms with E-state index >= 15 is 0 Å². The average Bonchev–Trinajstić information content (AvgIpc) is 2.49. The van der Waals surface area contributed by atoms with Gasteiger partial charge >= 0.3 is 6.09 Å². The molecule has 1 rings (SSSR count). The number of carbonyl (C=O) groups excluding carboxylic acids is 1. The van der Waals surface area contributed by atoms with E-state index in [4.69, 9.17) is 4.74 Å². The third-order valence-electron chi connectivity index (χ3n) is 3.19. The summed E-state index contributed by atoms with van der Waals surface area (Å²) in [4.78, 5) is 13.9. The zero-order chi connectivity index (χ0) is 14.6. The van der Waals surface area contributed by atoms with Gasteiger partial charge in [0.15, 0.2) is 0 Å². The highest BCUT2D eigenvalue weighted by Crippen LogP contribution is 2.09. The molecule has 0 bridgehead atoms. The van der Waals surface area contributed by atoms with E-state index in [0.717, 1.165) is 24.9 Å². The Balaban J connectivity index is 2.51. The first-order valence-electron chi connectivity index (χ1n) is 7.73. The molecule has 0 fully saturated rings. The van der Waals surface area contributed by atoms with Crippen molar-refractivity contribution >= 4 is 6.09 Å². The predicted octanol–water partition coefficient (Wildman–Crippen LogP) is 4.62. The van der Waals surface area contributed by atoms with Gasteiger partial charge < -0.3 is 9.64 Å². The molecule has 3 heteroatoms. The smallest absolute Gasteiger partial charge is 0.410 e. The second-order valence-electron chi connectivity index (χ2n) is 5.08. The molecule has 0 saturated carbocycles. The monoisotopic (exact) mass is 277 g/mol. The minimum absolute atomic E-state index is 0.188. The van der Waals surface area contributed by atoms with Crippen molar-refractivity contribution in [1.29, 1.82) is 0 Å². The SMILES string of the molecule is CCCCCCN(Cc1ccccc1)C(=O)OCCC. The Morgan fingerprint density at radius 1 is 1.05 bits per heavy atom. The maximum atomic E-state index is 12.1. The van der Waals surface area contributed by atoms with Gasteiger partial charge in [-0.25, -0.2) is 4.79 Å². The Bertz CT molecular complexity index is 365. The van der Waals surface area contributed by atoms with Crippen LogP contribution in [0.5, 0.6) is 0 Å². The van der Waals surface area contributed by atoms with Crippen LogP contribution in [0.25, 0.3) is 0 Å². The Morgan fingerprint density at radius 2 is 1.80 bits per heavy atom. The van der Waals surface area contributed by atoms with Crippen LogP contribution in [-0.2, 0) is 11.3 Å². The molecule has 0 atom stereocenters. The highest BCUT2D eigenvalue weighted by Gasteiger charge is 2.14. The normalized spacial score (nSPS) is 10.3. The van der Waals surface area contributed by atoms with Gasteiger partial charge in [-0.1, -0.05) is 63.4 Å². The lowest BCUT2D eigenvalue weighted by molar-refractivity contribution is 0.0990. The summed E-state index contributed by atoms with van der Waals surface area (Å²) in [6.45, 7) is 6.11. The minimum atomic E-state index is -0.188. The summed E-state index contributed by atoms with van der Waals surface area (Å²) in [5.74, 6) is 0. The van der Waals surface area contributed by atoms with Crippen molar-refractivity contribution in [3.05, 3.63) is 35.9 Å². The van der Waals surface area contributed by atoms with Crippen molar-refractivity contribution in [1.82, 2.24) is 4.90 Å². The van der Waals surface area contributed by atoms with E-state index in [9.17, 15) is 4.79 Å². The van der Waals surface area contributed by atoms with E-state index in [1.807, 2.05) is 42.2 Å². The van der Waals surface area contributed by atoms with Crippen molar-refractivity contribution in [3.8, 4) is 0 Å². The molecule has 112 valence electrons. The Kier molecular flexibility index (Phi) is 8.52. The fourth-order valence-corrected chi connectivity index (χ4v) is 2.05. The molecule has 0 heterocycles. The number of carbonyl (C=O) groups is 1. The van der Waals surface area contributed by atoms with Gasteiger partial charge in [-0.2, -0.15) is 0 Å². The highest BCUT2D eigenvalue weighted by molar-refractivity contribution is 5.67. The third kappa shape index (κ3) is 6.60. The molecular weight excluding hydrogens is 250 g/mol. The lowest BCUT2D eigenvalue weighted by Crippen LogP contribution is -2.32. The molecule has 0 aliphatic rings. The summed E-state index contributed by atoms with van der Waals surface area (Å²) < 4.78 is 5.27. The van der Waals surface area contributed by atoms with Gasteiger partial charge in [0.25, 0.3) is 0 Å². The van der Waals surface area contributed by atoms with Crippen molar-refractivity contribution in [2.75, 3.05) is 13.2 Å².